The molecule has 11 nitrogen and oxygen atoms in total. The van der Waals surface area contributed by atoms with E-state index in [1.54, 1.807) is 18.2 Å². The molecule has 2 fully saturated rings. The van der Waals surface area contributed by atoms with Gasteiger partial charge in [0.2, 0.25) is 5.91 Å². The first-order valence-corrected chi connectivity index (χ1v) is 12.8. The molecular weight excluding hydrogens is 523 g/mol. The molecule has 0 aliphatic carbocycles. The predicted molar refractivity (Wildman–Crippen MR) is 138 cm³/mol. The smallest absolute Gasteiger partial charge is 0.478 e. The number of carboxylic acid groups (broad SMARTS) is 2. The third-order valence-electron chi connectivity index (χ3n) is 5.97. The Hall–Kier alpha value is -3.39. The number of nitrogens with one attached hydrogen (secondary N) is 2. The van der Waals surface area contributed by atoms with Gasteiger partial charge in [0, 0.05) is 45.0 Å². The van der Waals surface area contributed by atoms with Crippen molar-refractivity contribution in [3.8, 4) is 0 Å². The Bertz CT molecular complexity index is 977. The molecule has 0 bridgehead atoms. The molecule has 218 valence electrons. The molecule has 1 unspecified atom stereocenters. The quantitative estimate of drug-likeness (QED) is 0.204. The van der Waals surface area contributed by atoms with Crippen molar-refractivity contribution in [3.63, 3.8) is 0 Å². The maximum Gasteiger partial charge on any atom is 0.490 e. The van der Waals surface area contributed by atoms with Crippen LogP contribution in [0.25, 0.3) is 0 Å². The van der Waals surface area contributed by atoms with Gasteiger partial charge in [0.15, 0.2) is 5.96 Å². The van der Waals surface area contributed by atoms with Crippen molar-refractivity contribution in [1.29, 1.82) is 0 Å². The molecule has 14 heteroatoms. The summed E-state index contributed by atoms with van der Waals surface area (Å²) in [6.45, 7) is 7.59. The first-order chi connectivity index (χ1) is 18.5. The number of carboxylic acids is 2. The Labute approximate surface area is 225 Å². The van der Waals surface area contributed by atoms with Crippen LogP contribution in [0.4, 0.5) is 18.9 Å². The summed E-state index contributed by atoms with van der Waals surface area (Å²) in [4.78, 5) is 41.4. The van der Waals surface area contributed by atoms with E-state index in [9.17, 15) is 27.9 Å². The number of rotatable bonds is 9. The molecule has 2 saturated heterocycles. The molecule has 2 aliphatic heterocycles. The predicted octanol–water partition coefficient (Wildman–Crippen LogP) is 2.50. The molecule has 1 aromatic carbocycles. The monoisotopic (exact) mass is 559 g/mol. The maximum absolute atomic E-state index is 12.1. The first-order valence-electron chi connectivity index (χ1n) is 12.8. The number of nitrogens with zero attached hydrogens (tertiary/aromatic N) is 3. The van der Waals surface area contributed by atoms with Crippen molar-refractivity contribution in [2.45, 2.75) is 44.9 Å². The molecule has 1 atom stereocenters. The number of aromatic carboxylic acids is 1. The van der Waals surface area contributed by atoms with E-state index in [1.807, 2.05) is 6.07 Å². The number of amides is 1. The minimum absolute atomic E-state index is 0.0720. The van der Waals surface area contributed by atoms with E-state index in [0.29, 0.717) is 18.8 Å². The Morgan fingerprint density at radius 3 is 2.41 bits per heavy atom. The van der Waals surface area contributed by atoms with Gasteiger partial charge in [-0.1, -0.05) is 19.4 Å². The fourth-order valence-corrected chi connectivity index (χ4v) is 3.84. The maximum atomic E-state index is 12.1. The number of anilines is 1. The van der Waals surface area contributed by atoms with Crippen LogP contribution in [0.15, 0.2) is 29.3 Å². The number of hydrogen-bond donors (Lipinski definition) is 4. The highest BCUT2D eigenvalue weighted by Crippen LogP contribution is 2.16. The zero-order valence-corrected chi connectivity index (χ0v) is 21.9. The van der Waals surface area contributed by atoms with Gasteiger partial charge in [-0.05, 0) is 37.5 Å². The first kappa shape index (κ1) is 31.8. The third-order valence-corrected chi connectivity index (χ3v) is 5.97. The number of guanidine groups is 1. The second-order valence-corrected chi connectivity index (χ2v) is 9.08. The molecule has 0 spiro atoms. The zero-order chi connectivity index (χ0) is 28.8. The van der Waals surface area contributed by atoms with Crippen molar-refractivity contribution in [2.24, 2.45) is 4.99 Å². The largest absolute Gasteiger partial charge is 0.490 e. The fraction of sp³-hybridized carbons (Fsp3) is 0.600. The number of ether oxygens (including phenoxy) is 1. The number of piperazine rings is 1. The fourth-order valence-electron chi connectivity index (χ4n) is 3.84. The molecule has 0 saturated carbocycles. The van der Waals surface area contributed by atoms with Crippen molar-refractivity contribution in [1.82, 2.24) is 15.1 Å². The number of carbonyl (C=O) groups excluding carboxylic acids is 1. The molecule has 2 heterocycles. The molecule has 1 amide bonds. The topological polar surface area (TPSA) is 144 Å². The van der Waals surface area contributed by atoms with Crippen molar-refractivity contribution < 1.29 is 42.5 Å². The van der Waals surface area contributed by atoms with Crippen LogP contribution >= 0.6 is 0 Å². The third kappa shape index (κ3) is 11.9. The average molecular weight is 560 g/mol. The minimum atomic E-state index is -5.08. The second-order valence-electron chi connectivity index (χ2n) is 9.08. The lowest BCUT2D eigenvalue weighted by Crippen LogP contribution is -2.52. The summed E-state index contributed by atoms with van der Waals surface area (Å²) in [5.74, 6) is -2.93. The molecular formula is C25H36F3N5O6. The molecule has 4 N–H and O–H groups in total. The summed E-state index contributed by atoms with van der Waals surface area (Å²) in [5, 5.41) is 22.7. The van der Waals surface area contributed by atoms with E-state index in [1.165, 1.54) is 0 Å². The highest BCUT2D eigenvalue weighted by Gasteiger charge is 2.38. The van der Waals surface area contributed by atoms with Gasteiger partial charge in [0.05, 0.1) is 24.8 Å². The van der Waals surface area contributed by atoms with Crippen LogP contribution in [-0.2, 0) is 14.3 Å². The van der Waals surface area contributed by atoms with Crippen LogP contribution < -0.4 is 10.6 Å². The van der Waals surface area contributed by atoms with Gasteiger partial charge in [0.25, 0.3) is 0 Å². The Morgan fingerprint density at radius 2 is 1.85 bits per heavy atom. The van der Waals surface area contributed by atoms with Crippen LogP contribution in [0.5, 0.6) is 0 Å². The van der Waals surface area contributed by atoms with Gasteiger partial charge < -0.3 is 30.5 Å². The number of aliphatic carboxylic acids is 1. The van der Waals surface area contributed by atoms with Crippen LogP contribution in [0.1, 0.15) is 43.0 Å². The van der Waals surface area contributed by atoms with Gasteiger partial charge in [-0.2, -0.15) is 13.2 Å². The van der Waals surface area contributed by atoms with E-state index in [-0.39, 0.29) is 17.6 Å². The van der Waals surface area contributed by atoms with Gasteiger partial charge in [0.1, 0.15) is 0 Å². The van der Waals surface area contributed by atoms with Crippen LogP contribution in [0.3, 0.4) is 0 Å². The Kier molecular flexibility index (Phi) is 13.0. The van der Waals surface area contributed by atoms with Crippen molar-refractivity contribution in [3.05, 3.63) is 29.8 Å². The molecule has 1 aromatic rings. The standard InChI is InChI=1S/C23H35N5O4.C2HF3O2/c1-2-3-9-24-21(29)17-27-10-12-28(13-11-27)23(25-16-20-8-5-14-32-20)26-19-7-4-6-18(15-19)22(30)31;3-2(4,5)1(6)7/h4,6-7,15,20H,2-3,5,8-14,16-17H2,1H3,(H,24,29)(H,25,26)(H,30,31);(H,6,7). The van der Waals surface area contributed by atoms with E-state index >= 15 is 0 Å². The normalized spacial score (nSPS) is 18.2. The van der Waals surface area contributed by atoms with E-state index < -0.39 is 18.1 Å². The van der Waals surface area contributed by atoms with E-state index in [2.05, 4.69) is 27.4 Å². The molecule has 2 aliphatic rings. The lowest BCUT2D eigenvalue weighted by molar-refractivity contribution is -0.192. The summed E-state index contributed by atoms with van der Waals surface area (Å²) in [6, 6.07) is 6.74. The summed E-state index contributed by atoms with van der Waals surface area (Å²) in [7, 11) is 0. The van der Waals surface area contributed by atoms with Crippen LogP contribution in [0, 0.1) is 0 Å². The molecule has 0 radical (unpaired) electrons. The van der Waals surface area contributed by atoms with Crippen molar-refractivity contribution >= 4 is 29.5 Å². The number of alkyl halides is 3. The summed E-state index contributed by atoms with van der Waals surface area (Å²) in [5.41, 5.74) is 0.918. The number of hydrogen-bond acceptors (Lipinski definition) is 6. The van der Waals surface area contributed by atoms with E-state index in [4.69, 9.17) is 19.6 Å². The van der Waals surface area contributed by atoms with Crippen LogP contribution in [0.2, 0.25) is 0 Å². The van der Waals surface area contributed by atoms with Gasteiger partial charge in [-0.25, -0.2) is 9.59 Å². The highest BCUT2D eigenvalue weighted by molar-refractivity contribution is 5.96. The number of unbranched alkanes of at least 4 members (excludes halogenated alkanes) is 1. The Balaban J connectivity index is 0.000000673. The minimum Gasteiger partial charge on any atom is -0.478 e. The lowest BCUT2D eigenvalue weighted by Gasteiger charge is -2.36. The molecule has 39 heavy (non-hydrogen) atoms. The van der Waals surface area contributed by atoms with Crippen LogP contribution in [-0.4, -0.2) is 109 Å². The summed E-state index contributed by atoms with van der Waals surface area (Å²) >= 11 is 0. The van der Waals surface area contributed by atoms with Gasteiger partial charge >= 0.3 is 18.1 Å². The number of benzene rings is 1. The average Bonchev–Trinajstić information content (AvgIpc) is 3.41. The van der Waals surface area contributed by atoms with E-state index in [0.717, 1.165) is 71.0 Å². The Morgan fingerprint density at radius 1 is 1.15 bits per heavy atom. The highest BCUT2D eigenvalue weighted by atomic mass is 19.4. The zero-order valence-electron chi connectivity index (χ0n) is 21.9. The lowest BCUT2D eigenvalue weighted by atomic mass is 10.2. The molecule has 0 aromatic heterocycles. The van der Waals surface area contributed by atoms with Crippen molar-refractivity contribution in [2.75, 3.05) is 57.7 Å². The number of aliphatic imine (C=N–C) groups is 1. The number of carbonyl (C=O) groups is 3. The number of halogens is 3. The molecule has 3 rings (SSSR count). The summed E-state index contributed by atoms with van der Waals surface area (Å²) in [6.07, 6.45) is -0.826. The second kappa shape index (κ2) is 15.9. The summed E-state index contributed by atoms with van der Waals surface area (Å²) < 4.78 is 37.4. The van der Waals surface area contributed by atoms with Gasteiger partial charge in [-0.3, -0.25) is 14.7 Å². The van der Waals surface area contributed by atoms with Gasteiger partial charge in [-0.15, -0.1) is 0 Å². The SMILES string of the molecule is CCCCNC(=O)CN1CCN(C(=NCC2CCCO2)Nc2cccc(C(=O)O)c2)CC1.O=C(O)C(F)(F)F.